The summed E-state index contributed by atoms with van der Waals surface area (Å²) in [7, 11) is 1.95. The highest BCUT2D eigenvalue weighted by molar-refractivity contribution is 5.84. The van der Waals surface area contributed by atoms with Crippen LogP contribution in [-0.2, 0) is 4.79 Å². The SMILES string of the molecule is [2H]C([2H])([2H])/C=C/C=C/C[C@@H](C)C(O)[C@H]1C(=O)CCCCCCCCCCN1C. The molecule has 3 atom stereocenters. The van der Waals surface area contributed by atoms with E-state index in [9.17, 15) is 9.90 Å². The van der Waals surface area contributed by atoms with Gasteiger partial charge >= 0.3 is 0 Å². The Morgan fingerprint density at radius 1 is 1.16 bits per heavy atom. The minimum Gasteiger partial charge on any atom is -0.391 e. The Hall–Kier alpha value is -0.930. The third-order valence-electron chi connectivity index (χ3n) is 5.25. The zero-order valence-electron chi connectivity index (χ0n) is 19.1. The quantitative estimate of drug-likeness (QED) is 0.715. The van der Waals surface area contributed by atoms with Gasteiger partial charge in [0.2, 0.25) is 0 Å². The van der Waals surface area contributed by atoms with Crippen molar-refractivity contribution in [3.63, 3.8) is 0 Å². The zero-order valence-corrected chi connectivity index (χ0v) is 16.1. The molecule has 0 amide bonds. The van der Waals surface area contributed by atoms with E-state index in [0.717, 1.165) is 25.8 Å². The largest absolute Gasteiger partial charge is 0.391 e. The van der Waals surface area contributed by atoms with Crippen molar-refractivity contribution >= 4 is 5.78 Å². The standard InChI is InChI=1S/C22H39NO2/c1-4-5-6-13-16-19(2)22(25)21-20(24)17-14-11-9-7-8-10-12-15-18-23(21)3/h4-6,13,19,21-22,25H,7-12,14-18H2,1-3H3/b5-4+,13-6+/t19-,21-,22?/m1/s1/i1D3. The van der Waals surface area contributed by atoms with E-state index in [2.05, 4.69) is 0 Å². The molecule has 1 unspecified atom stereocenters. The molecule has 25 heavy (non-hydrogen) atoms. The number of carbonyl (C=O) groups excluding carboxylic acids is 1. The van der Waals surface area contributed by atoms with Crippen molar-refractivity contribution in [2.45, 2.75) is 90.1 Å². The van der Waals surface area contributed by atoms with E-state index in [1.54, 1.807) is 6.08 Å². The van der Waals surface area contributed by atoms with Crippen LogP contribution in [0, 0.1) is 5.92 Å². The molecule has 3 nitrogen and oxygen atoms in total. The number of Topliss-reactive ketones (excluding diaryl/α,β-unsaturated/α-hetero) is 1. The van der Waals surface area contributed by atoms with Gasteiger partial charge in [-0.15, -0.1) is 0 Å². The summed E-state index contributed by atoms with van der Waals surface area (Å²) in [5.41, 5.74) is 0. The van der Waals surface area contributed by atoms with E-state index in [1.165, 1.54) is 44.3 Å². The molecule has 3 heteroatoms. The second kappa shape index (κ2) is 13.3. The smallest absolute Gasteiger partial charge is 0.152 e. The minimum absolute atomic E-state index is 0.0792. The molecular weight excluding hydrogens is 310 g/mol. The zero-order chi connectivity index (χ0) is 21.0. The summed E-state index contributed by atoms with van der Waals surface area (Å²) in [6.45, 7) is 0.708. The minimum atomic E-state index is -2.07. The lowest BCUT2D eigenvalue weighted by molar-refractivity contribution is -0.129. The molecule has 1 heterocycles. The van der Waals surface area contributed by atoms with Crippen LogP contribution in [0.25, 0.3) is 0 Å². The molecule has 0 radical (unpaired) electrons. The maximum atomic E-state index is 12.9. The van der Waals surface area contributed by atoms with Gasteiger partial charge in [-0.05, 0) is 45.6 Å². The number of hydrogen-bond donors (Lipinski definition) is 1. The van der Waals surface area contributed by atoms with Crippen LogP contribution in [0.4, 0.5) is 0 Å². The average molecular weight is 353 g/mol. The number of carbonyl (C=O) groups is 1. The number of allylic oxidation sites excluding steroid dienone is 4. The van der Waals surface area contributed by atoms with Gasteiger partial charge in [0.25, 0.3) is 0 Å². The number of rotatable bonds is 5. The normalized spacial score (nSPS) is 27.7. The van der Waals surface area contributed by atoms with Gasteiger partial charge in [0, 0.05) is 10.5 Å². The van der Waals surface area contributed by atoms with Crippen molar-refractivity contribution in [3.8, 4) is 0 Å². The molecule has 1 aliphatic rings. The maximum Gasteiger partial charge on any atom is 0.152 e. The Morgan fingerprint density at radius 3 is 2.48 bits per heavy atom. The van der Waals surface area contributed by atoms with Crippen LogP contribution >= 0.6 is 0 Å². The van der Waals surface area contributed by atoms with E-state index in [1.807, 2.05) is 24.9 Å². The van der Waals surface area contributed by atoms with Crippen LogP contribution in [0.15, 0.2) is 24.3 Å². The van der Waals surface area contributed by atoms with Crippen LogP contribution in [0.5, 0.6) is 0 Å². The second-order valence-electron chi connectivity index (χ2n) is 7.46. The second-order valence-corrected chi connectivity index (χ2v) is 7.46. The molecule has 0 bridgehead atoms. The first-order chi connectivity index (χ1) is 13.2. The molecule has 1 aliphatic heterocycles. The number of aliphatic hydroxyl groups excluding tert-OH is 1. The fourth-order valence-corrected chi connectivity index (χ4v) is 3.58. The molecule has 0 aliphatic carbocycles. The number of nitrogens with zero attached hydrogens (tertiary/aromatic N) is 1. The molecule has 0 aromatic carbocycles. The molecule has 1 rings (SSSR count). The summed E-state index contributed by atoms with van der Waals surface area (Å²) >= 11 is 0. The fourth-order valence-electron chi connectivity index (χ4n) is 3.58. The average Bonchev–Trinajstić information content (AvgIpc) is 2.62. The molecule has 1 N–H and O–H groups in total. The molecule has 144 valence electrons. The van der Waals surface area contributed by atoms with Crippen LogP contribution in [0.1, 0.15) is 82.1 Å². The summed E-state index contributed by atoms with van der Waals surface area (Å²) in [5.74, 6) is 0.0665. The van der Waals surface area contributed by atoms with Crippen molar-refractivity contribution in [2.75, 3.05) is 13.6 Å². The number of likely N-dealkylation sites (N-methyl/N-ethyl adjacent to an activating group) is 1. The summed E-state index contributed by atoms with van der Waals surface area (Å²) < 4.78 is 21.4. The Morgan fingerprint density at radius 2 is 1.80 bits per heavy atom. The predicted octanol–water partition coefficient (Wildman–Crippen LogP) is 4.90. The van der Waals surface area contributed by atoms with Gasteiger partial charge in [0.15, 0.2) is 5.78 Å². The highest BCUT2D eigenvalue weighted by Gasteiger charge is 2.32. The summed E-state index contributed by atoms with van der Waals surface area (Å²) in [5, 5.41) is 10.9. The van der Waals surface area contributed by atoms with Crippen molar-refractivity contribution in [3.05, 3.63) is 24.3 Å². The van der Waals surface area contributed by atoms with Gasteiger partial charge in [0.1, 0.15) is 0 Å². The van der Waals surface area contributed by atoms with E-state index < -0.39 is 19.0 Å². The van der Waals surface area contributed by atoms with E-state index >= 15 is 0 Å². The van der Waals surface area contributed by atoms with Crippen molar-refractivity contribution in [1.82, 2.24) is 4.90 Å². The predicted molar refractivity (Wildman–Crippen MR) is 107 cm³/mol. The first-order valence-electron chi connectivity index (χ1n) is 11.5. The molecule has 0 saturated carbocycles. The first kappa shape index (κ1) is 17.5. The van der Waals surface area contributed by atoms with Crippen LogP contribution in [0.3, 0.4) is 0 Å². The number of ketones is 1. The monoisotopic (exact) mass is 352 g/mol. The van der Waals surface area contributed by atoms with E-state index in [0.29, 0.717) is 12.8 Å². The van der Waals surface area contributed by atoms with Crippen molar-refractivity contribution < 1.29 is 14.0 Å². The van der Waals surface area contributed by atoms with Gasteiger partial charge < -0.3 is 5.11 Å². The lowest BCUT2D eigenvalue weighted by atomic mass is 9.89. The highest BCUT2D eigenvalue weighted by Crippen LogP contribution is 2.21. The van der Waals surface area contributed by atoms with Crippen molar-refractivity contribution in [2.24, 2.45) is 5.92 Å². The Bertz CT molecular complexity index is 503. The molecular formula is C22H39NO2. The Kier molecular flexibility index (Phi) is 9.30. The third kappa shape index (κ3) is 8.82. The molecule has 0 aromatic rings. The summed E-state index contributed by atoms with van der Waals surface area (Å²) in [6.07, 6.45) is 15.9. The Balaban J connectivity index is 2.70. The maximum absolute atomic E-state index is 12.9. The third-order valence-corrected chi connectivity index (χ3v) is 5.25. The topological polar surface area (TPSA) is 40.5 Å². The summed E-state index contributed by atoms with van der Waals surface area (Å²) in [4.78, 5) is 14.9. The van der Waals surface area contributed by atoms with Gasteiger partial charge in [-0.1, -0.05) is 69.8 Å². The highest BCUT2D eigenvalue weighted by atomic mass is 16.3. The van der Waals surface area contributed by atoms with Gasteiger partial charge in [0.05, 0.1) is 12.1 Å². The van der Waals surface area contributed by atoms with Crippen LogP contribution in [-0.4, -0.2) is 41.5 Å². The molecule has 1 saturated heterocycles. The fraction of sp³-hybridized carbons (Fsp3) is 0.773. The van der Waals surface area contributed by atoms with E-state index in [4.69, 9.17) is 4.11 Å². The van der Waals surface area contributed by atoms with Crippen LogP contribution < -0.4 is 0 Å². The number of aliphatic hydroxyl groups is 1. The van der Waals surface area contributed by atoms with Crippen LogP contribution in [0.2, 0.25) is 0 Å². The van der Waals surface area contributed by atoms with Gasteiger partial charge in [-0.2, -0.15) is 0 Å². The van der Waals surface area contributed by atoms with E-state index in [-0.39, 0.29) is 11.7 Å². The first-order valence-corrected chi connectivity index (χ1v) is 9.98. The van der Waals surface area contributed by atoms with Crippen molar-refractivity contribution in [1.29, 1.82) is 0 Å². The number of hydrogen-bond acceptors (Lipinski definition) is 3. The van der Waals surface area contributed by atoms with Gasteiger partial charge in [-0.3, -0.25) is 9.69 Å². The lowest BCUT2D eigenvalue weighted by Crippen LogP contribution is -2.49. The molecule has 0 aromatic heterocycles. The molecule has 1 fully saturated rings. The molecule has 0 spiro atoms. The Labute approximate surface area is 159 Å². The lowest BCUT2D eigenvalue weighted by Gasteiger charge is -2.33. The van der Waals surface area contributed by atoms with Gasteiger partial charge in [-0.25, -0.2) is 0 Å². The summed E-state index contributed by atoms with van der Waals surface area (Å²) in [6, 6.07) is -0.456.